The molecule has 0 heterocycles. The first-order chi connectivity index (χ1) is 9.56. The number of hydrogen-bond acceptors (Lipinski definition) is 3. The normalized spacial score (nSPS) is 12.3. The molecule has 0 aliphatic heterocycles. The first-order valence-corrected chi connectivity index (χ1v) is 7.09. The summed E-state index contributed by atoms with van der Waals surface area (Å²) in [5.41, 5.74) is -0.263. The van der Waals surface area contributed by atoms with Gasteiger partial charge < -0.3 is 4.74 Å². The number of nitrogens with zero attached hydrogens (tertiary/aromatic N) is 1. The van der Waals surface area contributed by atoms with Crippen LogP contribution in [0.15, 0.2) is 18.2 Å². The van der Waals surface area contributed by atoms with E-state index in [9.17, 15) is 14.5 Å². The van der Waals surface area contributed by atoms with Crippen LogP contribution < -0.4 is 0 Å². The van der Waals surface area contributed by atoms with Crippen molar-refractivity contribution in [2.45, 2.75) is 58.7 Å². The molecule has 0 saturated heterocycles. The Balaban J connectivity index is 2.45. The summed E-state index contributed by atoms with van der Waals surface area (Å²) in [7, 11) is 0. The largest absolute Gasteiger partial charge is 0.374 e. The number of unbranched alkanes of at least 4 members (excludes halogenated alkanes) is 3. The molecule has 0 N–H and O–H groups in total. The minimum Gasteiger partial charge on any atom is -0.374 e. The molecule has 0 fully saturated rings. The lowest BCUT2D eigenvalue weighted by molar-refractivity contribution is -0.387. The summed E-state index contributed by atoms with van der Waals surface area (Å²) >= 11 is 0. The summed E-state index contributed by atoms with van der Waals surface area (Å²) in [6.45, 7) is 4.18. The molecule has 112 valence electrons. The van der Waals surface area contributed by atoms with Crippen molar-refractivity contribution in [3.05, 3.63) is 39.7 Å². The van der Waals surface area contributed by atoms with E-state index in [0.717, 1.165) is 18.9 Å². The minimum absolute atomic E-state index is 0.0329. The predicted molar refractivity (Wildman–Crippen MR) is 76.1 cm³/mol. The summed E-state index contributed by atoms with van der Waals surface area (Å²) in [4.78, 5) is 9.92. The van der Waals surface area contributed by atoms with Crippen LogP contribution >= 0.6 is 0 Å². The second kappa shape index (κ2) is 8.64. The second-order valence-corrected chi connectivity index (χ2v) is 4.98. The molecule has 0 spiro atoms. The highest BCUT2D eigenvalue weighted by Crippen LogP contribution is 2.21. The van der Waals surface area contributed by atoms with Crippen molar-refractivity contribution in [1.82, 2.24) is 0 Å². The molecule has 4 nitrogen and oxygen atoms in total. The lowest BCUT2D eigenvalue weighted by Crippen LogP contribution is -2.09. The molecule has 0 saturated carbocycles. The van der Waals surface area contributed by atoms with Crippen molar-refractivity contribution in [3.8, 4) is 0 Å². The maximum Gasteiger partial charge on any atom is 0.305 e. The molecule has 1 rings (SSSR count). The Hall–Kier alpha value is -1.49. The van der Waals surface area contributed by atoms with Crippen LogP contribution in [0, 0.1) is 15.9 Å². The molecule has 20 heavy (non-hydrogen) atoms. The number of halogens is 1. The van der Waals surface area contributed by atoms with Gasteiger partial charge in [-0.15, -0.1) is 0 Å². The van der Waals surface area contributed by atoms with E-state index in [-0.39, 0.29) is 18.3 Å². The van der Waals surface area contributed by atoms with Gasteiger partial charge in [-0.2, -0.15) is 4.39 Å². The van der Waals surface area contributed by atoms with Gasteiger partial charge in [-0.3, -0.25) is 10.1 Å². The van der Waals surface area contributed by atoms with E-state index in [1.807, 2.05) is 6.92 Å². The van der Waals surface area contributed by atoms with Gasteiger partial charge in [0.1, 0.15) is 0 Å². The van der Waals surface area contributed by atoms with Crippen molar-refractivity contribution in [2.24, 2.45) is 0 Å². The minimum atomic E-state index is -0.796. The van der Waals surface area contributed by atoms with Gasteiger partial charge in [0.25, 0.3) is 0 Å². The van der Waals surface area contributed by atoms with Crippen LogP contribution in [0.5, 0.6) is 0 Å². The van der Waals surface area contributed by atoms with Crippen LogP contribution in [0.2, 0.25) is 0 Å². The molecular weight excluding hydrogens is 261 g/mol. The third-order valence-corrected chi connectivity index (χ3v) is 3.24. The molecule has 1 unspecified atom stereocenters. The average molecular weight is 283 g/mol. The lowest BCUT2D eigenvalue weighted by Gasteiger charge is -2.13. The van der Waals surface area contributed by atoms with Crippen molar-refractivity contribution in [1.29, 1.82) is 0 Å². The van der Waals surface area contributed by atoms with Gasteiger partial charge in [-0.1, -0.05) is 44.7 Å². The first kappa shape index (κ1) is 16.6. The molecule has 0 amide bonds. The smallest absolute Gasteiger partial charge is 0.305 e. The number of nitro benzene ring substituents is 1. The van der Waals surface area contributed by atoms with Crippen LogP contribution in [-0.4, -0.2) is 11.0 Å². The Kier molecular flexibility index (Phi) is 7.15. The van der Waals surface area contributed by atoms with Crippen LogP contribution in [-0.2, 0) is 11.3 Å². The van der Waals surface area contributed by atoms with Gasteiger partial charge >= 0.3 is 5.69 Å². The van der Waals surface area contributed by atoms with E-state index in [2.05, 4.69) is 6.92 Å². The lowest BCUT2D eigenvalue weighted by atomic mass is 10.1. The van der Waals surface area contributed by atoms with Gasteiger partial charge in [-0.05, 0) is 13.3 Å². The standard InChI is InChI=1S/C15H22FNO3/c1-3-4-5-6-8-12(2)20-11-13-9-7-10-14(15(13)16)17(18)19/h7,9-10,12H,3-6,8,11H2,1-2H3. The van der Waals surface area contributed by atoms with Crippen LogP contribution in [0.1, 0.15) is 51.5 Å². The molecule has 0 aliphatic rings. The maximum absolute atomic E-state index is 13.8. The first-order valence-electron chi connectivity index (χ1n) is 7.09. The number of benzene rings is 1. The molecule has 1 aromatic rings. The Morgan fingerprint density at radius 1 is 1.35 bits per heavy atom. The van der Waals surface area contributed by atoms with Crippen LogP contribution in [0.4, 0.5) is 10.1 Å². The summed E-state index contributed by atoms with van der Waals surface area (Å²) in [6.07, 6.45) is 5.63. The maximum atomic E-state index is 13.8. The highest BCUT2D eigenvalue weighted by Gasteiger charge is 2.17. The number of ether oxygens (including phenoxy) is 1. The molecule has 0 aliphatic carbocycles. The zero-order valence-electron chi connectivity index (χ0n) is 12.1. The quantitative estimate of drug-likeness (QED) is 0.378. The molecule has 0 aromatic heterocycles. The summed E-state index contributed by atoms with van der Waals surface area (Å²) < 4.78 is 19.4. The van der Waals surface area contributed by atoms with Crippen molar-refractivity contribution < 1.29 is 14.1 Å². The van der Waals surface area contributed by atoms with Crippen molar-refractivity contribution >= 4 is 5.69 Å². The second-order valence-electron chi connectivity index (χ2n) is 4.98. The predicted octanol–water partition coefficient (Wildman–Crippen LogP) is 4.61. The summed E-state index contributed by atoms with van der Waals surface area (Å²) in [5.74, 6) is -0.796. The Labute approximate surface area is 119 Å². The van der Waals surface area contributed by atoms with Crippen LogP contribution in [0.25, 0.3) is 0 Å². The van der Waals surface area contributed by atoms with Gasteiger partial charge in [-0.25, -0.2) is 0 Å². The molecule has 0 radical (unpaired) electrons. The third kappa shape index (κ3) is 5.25. The Morgan fingerprint density at radius 3 is 2.75 bits per heavy atom. The number of hydrogen-bond donors (Lipinski definition) is 0. The van der Waals surface area contributed by atoms with Gasteiger partial charge in [0.15, 0.2) is 0 Å². The average Bonchev–Trinajstić information content (AvgIpc) is 2.42. The number of nitro groups is 1. The zero-order chi connectivity index (χ0) is 15.0. The molecule has 0 bridgehead atoms. The molecular formula is C15H22FNO3. The van der Waals surface area contributed by atoms with Crippen molar-refractivity contribution in [3.63, 3.8) is 0 Å². The fourth-order valence-electron chi connectivity index (χ4n) is 1.99. The monoisotopic (exact) mass is 283 g/mol. The third-order valence-electron chi connectivity index (χ3n) is 3.24. The van der Waals surface area contributed by atoms with Gasteiger partial charge in [0.2, 0.25) is 5.82 Å². The van der Waals surface area contributed by atoms with Gasteiger partial charge in [0.05, 0.1) is 17.6 Å². The summed E-state index contributed by atoms with van der Waals surface area (Å²) in [6, 6.07) is 4.16. The van der Waals surface area contributed by atoms with Gasteiger partial charge in [0, 0.05) is 11.6 Å². The highest BCUT2D eigenvalue weighted by molar-refractivity contribution is 5.36. The molecule has 1 atom stereocenters. The SMILES string of the molecule is CCCCCCC(C)OCc1cccc([N+](=O)[O-])c1F. The molecule has 5 heteroatoms. The Bertz CT molecular complexity index is 437. The fraction of sp³-hybridized carbons (Fsp3) is 0.600. The molecule has 1 aromatic carbocycles. The van der Waals surface area contributed by atoms with E-state index >= 15 is 0 Å². The van der Waals surface area contributed by atoms with E-state index in [1.54, 1.807) is 0 Å². The fourth-order valence-corrected chi connectivity index (χ4v) is 1.99. The number of rotatable bonds is 9. The van der Waals surface area contributed by atoms with E-state index in [4.69, 9.17) is 4.74 Å². The van der Waals surface area contributed by atoms with Crippen molar-refractivity contribution in [2.75, 3.05) is 0 Å². The zero-order valence-corrected chi connectivity index (χ0v) is 12.1. The van der Waals surface area contributed by atoms with Crippen LogP contribution in [0.3, 0.4) is 0 Å². The highest BCUT2D eigenvalue weighted by atomic mass is 19.1. The summed E-state index contributed by atoms with van der Waals surface area (Å²) in [5, 5.41) is 10.6. The Morgan fingerprint density at radius 2 is 2.10 bits per heavy atom. The topological polar surface area (TPSA) is 52.4 Å². The van der Waals surface area contributed by atoms with E-state index in [0.29, 0.717) is 0 Å². The van der Waals surface area contributed by atoms with E-state index < -0.39 is 16.4 Å². The van der Waals surface area contributed by atoms with E-state index in [1.165, 1.54) is 31.4 Å².